The number of aryl methyl sites for hydroxylation is 1. The fourth-order valence-corrected chi connectivity index (χ4v) is 2.04. The van der Waals surface area contributed by atoms with Gasteiger partial charge in [-0.25, -0.2) is 4.98 Å². The number of hydrogen-bond donors (Lipinski definition) is 4. The van der Waals surface area contributed by atoms with Crippen molar-refractivity contribution in [3.63, 3.8) is 0 Å². The molecule has 2 rings (SSSR count). The number of anilines is 1. The van der Waals surface area contributed by atoms with Crippen LogP contribution in [0.15, 0.2) is 30.6 Å². The van der Waals surface area contributed by atoms with E-state index >= 15 is 0 Å². The van der Waals surface area contributed by atoms with Gasteiger partial charge in [0.05, 0.1) is 17.3 Å². The van der Waals surface area contributed by atoms with Crippen LogP contribution < -0.4 is 16.6 Å². The van der Waals surface area contributed by atoms with Crippen LogP contribution in [-0.2, 0) is 0 Å². The molecule has 1 aromatic heterocycles. The molecule has 0 aliphatic carbocycles. The molecule has 0 spiro atoms. The van der Waals surface area contributed by atoms with E-state index in [1.165, 1.54) is 0 Å². The number of carbonyl (C=O) groups is 1. The highest BCUT2D eigenvalue weighted by atomic mass is 16.1. The zero-order chi connectivity index (χ0) is 14.5. The first-order chi connectivity index (χ1) is 9.65. The molecule has 0 aliphatic heterocycles. The summed E-state index contributed by atoms with van der Waals surface area (Å²) in [6, 6.07) is 5.32. The van der Waals surface area contributed by atoms with Gasteiger partial charge in [-0.3, -0.25) is 10.6 Å². The van der Waals surface area contributed by atoms with Gasteiger partial charge in [-0.1, -0.05) is 13.0 Å². The van der Waals surface area contributed by atoms with Gasteiger partial charge in [0.1, 0.15) is 5.82 Å². The van der Waals surface area contributed by atoms with Gasteiger partial charge in [0.2, 0.25) is 0 Å². The summed E-state index contributed by atoms with van der Waals surface area (Å²) in [5, 5.41) is 2.95. The lowest BCUT2D eigenvalue weighted by Gasteiger charge is -2.16. The van der Waals surface area contributed by atoms with E-state index in [1.807, 2.05) is 26.0 Å². The zero-order valence-electron chi connectivity index (χ0n) is 11.6. The highest BCUT2D eigenvalue weighted by molar-refractivity contribution is 5.99. The largest absolute Gasteiger partial charge is 0.347 e. The fraction of sp³-hybridized carbons (Fsp3) is 0.286. The number of aromatic amines is 1. The summed E-state index contributed by atoms with van der Waals surface area (Å²) >= 11 is 0. The predicted octanol–water partition coefficient (Wildman–Crippen LogP) is 1.88. The number of rotatable bonds is 5. The molecule has 20 heavy (non-hydrogen) atoms. The molecule has 0 bridgehead atoms. The molecule has 1 unspecified atom stereocenters. The molecule has 2 aromatic rings. The van der Waals surface area contributed by atoms with Crippen molar-refractivity contribution in [1.82, 2.24) is 15.3 Å². The van der Waals surface area contributed by atoms with Crippen molar-refractivity contribution in [3.05, 3.63) is 47.5 Å². The molecule has 1 atom stereocenters. The standard InChI is InChI=1S/C14H19N5O/c1-3-11(13-16-6-7-17-13)18-14(20)10-5-4-9(2)8-12(10)19-15/h4-8,11,19H,3,15H2,1-2H3,(H,16,17)(H,18,20). The second-order valence-corrected chi connectivity index (χ2v) is 4.60. The van der Waals surface area contributed by atoms with Crippen LogP contribution in [0.25, 0.3) is 0 Å². The minimum atomic E-state index is -0.179. The average molecular weight is 273 g/mol. The monoisotopic (exact) mass is 273 g/mol. The Kier molecular flexibility index (Phi) is 4.37. The van der Waals surface area contributed by atoms with Crippen LogP contribution in [0.1, 0.15) is 41.1 Å². The Hall–Kier alpha value is -2.34. The first kappa shape index (κ1) is 14.1. The summed E-state index contributed by atoms with van der Waals surface area (Å²) in [7, 11) is 0. The number of hydrogen-bond acceptors (Lipinski definition) is 4. The third kappa shape index (κ3) is 2.97. The third-order valence-electron chi connectivity index (χ3n) is 3.14. The zero-order valence-corrected chi connectivity index (χ0v) is 11.6. The Bertz CT molecular complexity index is 579. The SMILES string of the molecule is CCC(NC(=O)c1ccc(C)cc1NN)c1ncc[nH]1. The van der Waals surface area contributed by atoms with E-state index in [1.54, 1.807) is 18.5 Å². The minimum absolute atomic E-state index is 0.149. The average Bonchev–Trinajstić information content (AvgIpc) is 2.98. The highest BCUT2D eigenvalue weighted by Gasteiger charge is 2.18. The number of benzene rings is 1. The number of H-pyrrole nitrogens is 1. The molecule has 1 amide bonds. The smallest absolute Gasteiger partial charge is 0.254 e. The Morgan fingerprint density at radius 2 is 2.30 bits per heavy atom. The number of amides is 1. The number of hydrazine groups is 1. The van der Waals surface area contributed by atoms with Crippen molar-refractivity contribution in [2.45, 2.75) is 26.3 Å². The van der Waals surface area contributed by atoms with Crippen LogP contribution >= 0.6 is 0 Å². The molecule has 0 radical (unpaired) electrons. The molecule has 5 N–H and O–H groups in total. The second-order valence-electron chi connectivity index (χ2n) is 4.60. The molecule has 6 nitrogen and oxygen atoms in total. The van der Waals surface area contributed by atoms with E-state index in [0.717, 1.165) is 17.8 Å². The highest BCUT2D eigenvalue weighted by Crippen LogP contribution is 2.19. The lowest BCUT2D eigenvalue weighted by molar-refractivity contribution is 0.0934. The Morgan fingerprint density at radius 3 is 2.90 bits per heavy atom. The molecule has 106 valence electrons. The maximum atomic E-state index is 12.4. The van der Waals surface area contributed by atoms with Crippen LogP contribution in [0.5, 0.6) is 0 Å². The molecule has 1 aromatic carbocycles. The van der Waals surface area contributed by atoms with E-state index in [9.17, 15) is 4.79 Å². The Labute approximate surface area is 117 Å². The van der Waals surface area contributed by atoms with Gasteiger partial charge in [0, 0.05) is 12.4 Å². The molecular weight excluding hydrogens is 254 g/mol. The molecule has 1 heterocycles. The second kappa shape index (κ2) is 6.21. The van der Waals surface area contributed by atoms with Crippen molar-refractivity contribution >= 4 is 11.6 Å². The lowest BCUT2D eigenvalue weighted by Crippen LogP contribution is -2.30. The minimum Gasteiger partial charge on any atom is -0.347 e. The van der Waals surface area contributed by atoms with Crippen LogP contribution in [0.4, 0.5) is 5.69 Å². The normalized spacial score (nSPS) is 11.9. The third-order valence-corrected chi connectivity index (χ3v) is 3.14. The van der Waals surface area contributed by atoms with Crippen LogP contribution in [-0.4, -0.2) is 15.9 Å². The Morgan fingerprint density at radius 1 is 1.50 bits per heavy atom. The summed E-state index contributed by atoms with van der Waals surface area (Å²) in [6.07, 6.45) is 4.16. The maximum Gasteiger partial charge on any atom is 0.254 e. The molecular formula is C14H19N5O. The van der Waals surface area contributed by atoms with Gasteiger partial charge in [0.25, 0.3) is 5.91 Å². The molecule has 0 aliphatic rings. The predicted molar refractivity (Wildman–Crippen MR) is 78.1 cm³/mol. The fourth-order valence-electron chi connectivity index (χ4n) is 2.04. The lowest BCUT2D eigenvalue weighted by atomic mass is 10.1. The molecule has 0 fully saturated rings. The molecule has 0 saturated carbocycles. The number of nitrogens with one attached hydrogen (secondary N) is 3. The van der Waals surface area contributed by atoms with Crippen LogP contribution in [0, 0.1) is 6.92 Å². The van der Waals surface area contributed by atoms with Crippen molar-refractivity contribution in [1.29, 1.82) is 0 Å². The van der Waals surface area contributed by atoms with E-state index in [-0.39, 0.29) is 11.9 Å². The van der Waals surface area contributed by atoms with E-state index in [0.29, 0.717) is 11.3 Å². The van der Waals surface area contributed by atoms with Crippen molar-refractivity contribution in [2.24, 2.45) is 5.84 Å². The first-order valence-corrected chi connectivity index (χ1v) is 6.53. The topological polar surface area (TPSA) is 95.8 Å². The van der Waals surface area contributed by atoms with Crippen molar-refractivity contribution in [2.75, 3.05) is 5.43 Å². The van der Waals surface area contributed by atoms with Crippen molar-refractivity contribution < 1.29 is 4.79 Å². The van der Waals surface area contributed by atoms with Gasteiger partial charge in [0.15, 0.2) is 0 Å². The number of aromatic nitrogens is 2. The number of nitrogen functional groups attached to an aromatic ring is 1. The number of imidazole rings is 1. The number of nitrogens with zero attached hydrogens (tertiary/aromatic N) is 1. The van der Waals surface area contributed by atoms with E-state index in [2.05, 4.69) is 20.7 Å². The summed E-state index contributed by atoms with van der Waals surface area (Å²) in [6.45, 7) is 3.94. The number of carbonyl (C=O) groups excluding carboxylic acids is 1. The number of nitrogens with two attached hydrogens (primary N) is 1. The van der Waals surface area contributed by atoms with Gasteiger partial charge in [-0.2, -0.15) is 0 Å². The van der Waals surface area contributed by atoms with Gasteiger partial charge in [-0.15, -0.1) is 0 Å². The summed E-state index contributed by atoms with van der Waals surface area (Å²) in [5.74, 6) is 6.03. The summed E-state index contributed by atoms with van der Waals surface area (Å²) in [5.41, 5.74) is 4.72. The maximum absolute atomic E-state index is 12.4. The summed E-state index contributed by atoms with van der Waals surface area (Å²) in [4.78, 5) is 19.5. The quantitative estimate of drug-likeness (QED) is 0.494. The van der Waals surface area contributed by atoms with E-state index < -0.39 is 0 Å². The van der Waals surface area contributed by atoms with Gasteiger partial charge < -0.3 is 15.7 Å². The van der Waals surface area contributed by atoms with Gasteiger partial charge >= 0.3 is 0 Å². The van der Waals surface area contributed by atoms with Gasteiger partial charge in [-0.05, 0) is 31.0 Å². The Balaban J connectivity index is 2.19. The van der Waals surface area contributed by atoms with E-state index in [4.69, 9.17) is 5.84 Å². The van der Waals surface area contributed by atoms with Crippen LogP contribution in [0.2, 0.25) is 0 Å². The van der Waals surface area contributed by atoms with Crippen LogP contribution in [0.3, 0.4) is 0 Å². The molecule has 6 heteroatoms. The summed E-state index contributed by atoms with van der Waals surface area (Å²) < 4.78 is 0. The first-order valence-electron chi connectivity index (χ1n) is 6.53. The molecule has 0 saturated heterocycles. The van der Waals surface area contributed by atoms with Crippen molar-refractivity contribution in [3.8, 4) is 0 Å².